The van der Waals surface area contributed by atoms with Gasteiger partial charge in [0.05, 0.1) is 0 Å². The van der Waals surface area contributed by atoms with E-state index in [1.807, 2.05) is 0 Å². The third-order valence-electron chi connectivity index (χ3n) is 3.34. The lowest BCUT2D eigenvalue weighted by atomic mass is 9.99. The van der Waals surface area contributed by atoms with Gasteiger partial charge in [-0.3, -0.25) is 0 Å². The maximum Gasteiger partial charge on any atom is 0.357 e. The van der Waals surface area contributed by atoms with Crippen LogP contribution in [-0.2, 0) is 6.42 Å². The number of carboxylic acid groups (broad SMARTS) is 1. The highest BCUT2D eigenvalue weighted by Crippen LogP contribution is 2.20. The molecule has 1 unspecified atom stereocenters. The first kappa shape index (κ1) is 12.1. The second-order valence-corrected chi connectivity index (χ2v) is 4.41. The van der Waals surface area contributed by atoms with E-state index in [1.54, 1.807) is 0 Å². The van der Waals surface area contributed by atoms with E-state index in [4.69, 9.17) is 9.52 Å². The smallest absolute Gasteiger partial charge is 0.357 e. The second-order valence-electron chi connectivity index (χ2n) is 4.41. The molecule has 5 heteroatoms. The Hall–Kier alpha value is -1.36. The highest BCUT2D eigenvalue weighted by Gasteiger charge is 2.23. The first-order valence-electron chi connectivity index (χ1n) is 6.12. The fourth-order valence-electron chi connectivity index (χ4n) is 2.41. The van der Waals surface area contributed by atoms with Gasteiger partial charge in [-0.25, -0.2) is 9.78 Å². The van der Waals surface area contributed by atoms with Crippen molar-refractivity contribution in [3.05, 3.63) is 17.8 Å². The summed E-state index contributed by atoms with van der Waals surface area (Å²) >= 11 is 0. The number of piperidine rings is 1. The van der Waals surface area contributed by atoms with Crippen LogP contribution in [0.3, 0.4) is 0 Å². The van der Waals surface area contributed by atoms with Crippen molar-refractivity contribution in [3.63, 3.8) is 0 Å². The summed E-state index contributed by atoms with van der Waals surface area (Å²) in [6.07, 6.45) is 5.54. The van der Waals surface area contributed by atoms with E-state index in [9.17, 15) is 4.79 Å². The van der Waals surface area contributed by atoms with Gasteiger partial charge < -0.3 is 14.4 Å². The van der Waals surface area contributed by atoms with E-state index in [0.29, 0.717) is 18.4 Å². The van der Waals surface area contributed by atoms with Gasteiger partial charge in [-0.1, -0.05) is 13.3 Å². The number of carbonyl (C=O) groups is 1. The Bertz CT molecular complexity index is 389. The molecule has 0 spiro atoms. The Morgan fingerprint density at radius 2 is 2.47 bits per heavy atom. The van der Waals surface area contributed by atoms with Crippen molar-refractivity contribution in [3.8, 4) is 0 Å². The molecule has 1 aliphatic rings. The van der Waals surface area contributed by atoms with Gasteiger partial charge in [-0.15, -0.1) is 0 Å². The summed E-state index contributed by atoms with van der Waals surface area (Å²) in [4.78, 5) is 17.1. The van der Waals surface area contributed by atoms with Crippen molar-refractivity contribution in [2.75, 3.05) is 13.1 Å². The van der Waals surface area contributed by atoms with E-state index >= 15 is 0 Å². The zero-order chi connectivity index (χ0) is 12.3. The molecule has 0 saturated carbocycles. The molecule has 1 fully saturated rings. The molecule has 1 saturated heterocycles. The van der Waals surface area contributed by atoms with Crippen LogP contribution in [0.15, 0.2) is 10.7 Å². The lowest BCUT2D eigenvalue weighted by Crippen LogP contribution is -2.40. The van der Waals surface area contributed by atoms with Crippen molar-refractivity contribution in [1.29, 1.82) is 0 Å². The zero-order valence-corrected chi connectivity index (χ0v) is 10.1. The maximum atomic E-state index is 10.7. The monoisotopic (exact) mass is 238 g/mol. The molecule has 1 atom stereocenters. The summed E-state index contributed by atoms with van der Waals surface area (Å²) in [5.41, 5.74) is -0.00106. The predicted octanol–water partition coefficient (Wildman–Crippen LogP) is 1.79. The number of aromatic nitrogens is 1. The van der Waals surface area contributed by atoms with Crippen LogP contribution in [0.25, 0.3) is 0 Å². The van der Waals surface area contributed by atoms with Crippen molar-refractivity contribution < 1.29 is 14.3 Å². The number of nitrogens with zero attached hydrogens (tertiary/aromatic N) is 2. The minimum absolute atomic E-state index is 0.00106. The molecule has 0 aromatic carbocycles. The summed E-state index contributed by atoms with van der Waals surface area (Å²) in [7, 11) is 0. The van der Waals surface area contributed by atoms with Crippen LogP contribution in [-0.4, -0.2) is 40.1 Å². The summed E-state index contributed by atoms with van der Waals surface area (Å²) in [5, 5.41) is 8.77. The fourth-order valence-corrected chi connectivity index (χ4v) is 2.41. The molecule has 94 valence electrons. The van der Waals surface area contributed by atoms with Gasteiger partial charge in [0.2, 0.25) is 0 Å². The SMILES string of the molecule is CCN1CCCCC1Cc1nc(C(=O)O)co1. The van der Waals surface area contributed by atoms with Crippen molar-refractivity contribution in [2.24, 2.45) is 0 Å². The third kappa shape index (κ3) is 2.85. The molecular formula is C12H18N2O3. The van der Waals surface area contributed by atoms with Gasteiger partial charge >= 0.3 is 5.97 Å². The first-order valence-corrected chi connectivity index (χ1v) is 6.12. The topological polar surface area (TPSA) is 66.6 Å². The average molecular weight is 238 g/mol. The molecule has 17 heavy (non-hydrogen) atoms. The molecule has 1 aromatic rings. The van der Waals surface area contributed by atoms with Gasteiger partial charge in [0.15, 0.2) is 11.6 Å². The Kier molecular flexibility index (Phi) is 3.78. The largest absolute Gasteiger partial charge is 0.476 e. The highest BCUT2D eigenvalue weighted by molar-refractivity contribution is 5.84. The molecule has 1 aliphatic heterocycles. The second kappa shape index (κ2) is 5.31. The molecule has 0 aliphatic carbocycles. The number of rotatable bonds is 4. The molecule has 0 amide bonds. The average Bonchev–Trinajstić information content (AvgIpc) is 2.78. The summed E-state index contributed by atoms with van der Waals surface area (Å²) in [6.45, 7) is 4.29. The standard InChI is InChI=1S/C12H18N2O3/c1-2-14-6-4-3-5-9(14)7-11-13-10(8-17-11)12(15)16/h8-9H,2-7H2,1H3,(H,15,16). The van der Waals surface area contributed by atoms with E-state index in [2.05, 4.69) is 16.8 Å². The quantitative estimate of drug-likeness (QED) is 0.866. The normalized spacial score (nSPS) is 21.6. The van der Waals surface area contributed by atoms with Crippen molar-refractivity contribution in [1.82, 2.24) is 9.88 Å². The molecule has 1 N–H and O–H groups in total. The number of hydrogen-bond donors (Lipinski definition) is 1. The molecule has 2 rings (SSSR count). The van der Waals surface area contributed by atoms with Crippen LogP contribution in [0.2, 0.25) is 0 Å². The number of oxazole rings is 1. The van der Waals surface area contributed by atoms with Crippen LogP contribution in [0.4, 0.5) is 0 Å². The Labute approximate surface area is 100 Å². The van der Waals surface area contributed by atoms with Gasteiger partial charge in [-0.05, 0) is 25.9 Å². The van der Waals surface area contributed by atoms with Gasteiger partial charge in [-0.2, -0.15) is 0 Å². The van der Waals surface area contributed by atoms with E-state index in [-0.39, 0.29) is 5.69 Å². The van der Waals surface area contributed by atoms with Crippen molar-refractivity contribution >= 4 is 5.97 Å². The Morgan fingerprint density at radius 1 is 1.65 bits per heavy atom. The number of likely N-dealkylation sites (tertiary alicyclic amines) is 1. The minimum atomic E-state index is -1.03. The number of hydrogen-bond acceptors (Lipinski definition) is 4. The van der Waals surface area contributed by atoms with Gasteiger partial charge in [0, 0.05) is 12.5 Å². The molecule has 5 nitrogen and oxygen atoms in total. The van der Waals surface area contributed by atoms with Crippen LogP contribution < -0.4 is 0 Å². The van der Waals surface area contributed by atoms with Crippen LogP contribution in [0, 0.1) is 0 Å². The van der Waals surface area contributed by atoms with Crippen LogP contribution in [0.5, 0.6) is 0 Å². The van der Waals surface area contributed by atoms with Gasteiger partial charge in [0.25, 0.3) is 0 Å². The lowest BCUT2D eigenvalue weighted by molar-refractivity contribution is 0.0690. The fraction of sp³-hybridized carbons (Fsp3) is 0.667. The van der Waals surface area contributed by atoms with E-state index in [1.165, 1.54) is 19.1 Å². The van der Waals surface area contributed by atoms with Crippen LogP contribution in [0.1, 0.15) is 42.6 Å². The molecule has 1 aromatic heterocycles. The first-order chi connectivity index (χ1) is 8.20. The summed E-state index contributed by atoms with van der Waals surface area (Å²) in [6, 6.07) is 0.439. The molecular weight excluding hydrogens is 220 g/mol. The number of aromatic carboxylic acids is 1. The number of carboxylic acids is 1. The molecule has 0 bridgehead atoms. The minimum Gasteiger partial charge on any atom is -0.476 e. The number of likely N-dealkylation sites (N-methyl/N-ethyl adjacent to an activating group) is 1. The Morgan fingerprint density at radius 3 is 3.12 bits per heavy atom. The summed E-state index contributed by atoms with van der Waals surface area (Å²) < 4.78 is 5.20. The van der Waals surface area contributed by atoms with Crippen molar-refractivity contribution in [2.45, 2.75) is 38.6 Å². The van der Waals surface area contributed by atoms with Gasteiger partial charge in [0.1, 0.15) is 6.26 Å². The lowest BCUT2D eigenvalue weighted by Gasteiger charge is -2.34. The predicted molar refractivity (Wildman–Crippen MR) is 62.1 cm³/mol. The maximum absolute atomic E-state index is 10.7. The summed E-state index contributed by atoms with van der Waals surface area (Å²) in [5.74, 6) is -0.497. The zero-order valence-electron chi connectivity index (χ0n) is 10.1. The van der Waals surface area contributed by atoms with E-state index < -0.39 is 5.97 Å². The Balaban J connectivity index is 2.00. The molecule has 0 radical (unpaired) electrons. The molecule has 2 heterocycles. The van der Waals surface area contributed by atoms with E-state index in [0.717, 1.165) is 19.5 Å². The van der Waals surface area contributed by atoms with Crippen LogP contribution >= 0.6 is 0 Å². The third-order valence-corrected chi connectivity index (χ3v) is 3.34. The highest BCUT2D eigenvalue weighted by atomic mass is 16.4.